The molecule has 0 unspecified atom stereocenters. The molecule has 0 fully saturated rings. The topological polar surface area (TPSA) is 54.7 Å². The summed E-state index contributed by atoms with van der Waals surface area (Å²) in [6, 6.07) is 14.6. The molecular weight excluding hydrogens is 450 g/mol. The smallest absolute Gasteiger partial charge is 0.243 e. The van der Waals surface area contributed by atoms with Crippen molar-refractivity contribution in [1.82, 2.24) is 8.87 Å². The highest BCUT2D eigenvalue weighted by molar-refractivity contribution is 7.89. The van der Waals surface area contributed by atoms with E-state index in [2.05, 4.69) is 23.8 Å². The molecule has 0 radical (unpaired) electrons. The fourth-order valence-corrected chi connectivity index (χ4v) is 5.85. The molecule has 0 N–H and O–H groups in total. The lowest BCUT2D eigenvalue weighted by Gasteiger charge is -2.18. The molecule has 0 atom stereocenters. The van der Waals surface area contributed by atoms with E-state index in [9.17, 15) is 8.42 Å². The van der Waals surface area contributed by atoms with Crippen molar-refractivity contribution in [2.75, 3.05) is 13.1 Å². The van der Waals surface area contributed by atoms with E-state index in [1.165, 1.54) is 4.31 Å². The van der Waals surface area contributed by atoms with Gasteiger partial charge in [0, 0.05) is 30.0 Å². The van der Waals surface area contributed by atoms with Gasteiger partial charge >= 0.3 is 0 Å². The summed E-state index contributed by atoms with van der Waals surface area (Å²) in [6.45, 7) is 9.75. The number of hydrogen-bond donors (Lipinski definition) is 0. The molecule has 0 aliphatic heterocycles. The molecule has 166 valence electrons. The fourth-order valence-electron chi connectivity index (χ4n) is 3.33. The Morgan fingerprint density at radius 1 is 1.03 bits per heavy atom. The molecule has 0 amide bonds. The Hall–Kier alpha value is -1.93. The van der Waals surface area contributed by atoms with Crippen LogP contribution in [0.5, 0.6) is 0 Å². The van der Waals surface area contributed by atoms with Crippen LogP contribution in [-0.4, -0.2) is 30.4 Å². The molecule has 8 heteroatoms. The zero-order valence-corrected chi connectivity index (χ0v) is 20.6. The summed E-state index contributed by atoms with van der Waals surface area (Å²) < 4.78 is 29.2. The van der Waals surface area contributed by atoms with Crippen molar-refractivity contribution in [3.63, 3.8) is 0 Å². The molecule has 0 aliphatic rings. The lowest BCUT2D eigenvalue weighted by atomic mass is 10.1. The van der Waals surface area contributed by atoms with Crippen LogP contribution in [0.1, 0.15) is 27.7 Å². The minimum Gasteiger partial charge on any atom is -0.316 e. The molecule has 5 nitrogen and oxygen atoms in total. The SMILES string of the molecule is CCN(CC)S(=O)(=O)c1ccc(-c2csc(=Nc3ccc(Cl)cc3)n2CC(C)C)cc1. The van der Waals surface area contributed by atoms with E-state index in [1.807, 2.05) is 50.2 Å². The quantitative estimate of drug-likeness (QED) is 0.412. The van der Waals surface area contributed by atoms with Crippen molar-refractivity contribution < 1.29 is 8.42 Å². The van der Waals surface area contributed by atoms with Crippen molar-refractivity contribution in [2.45, 2.75) is 39.1 Å². The normalized spacial score (nSPS) is 12.8. The van der Waals surface area contributed by atoms with Crippen molar-refractivity contribution in [3.05, 3.63) is 63.7 Å². The van der Waals surface area contributed by atoms with Gasteiger partial charge in [-0.25, -0.2) is 13.4 Å². The van der Waals surface area contributed by atoms with Crippen LogP contribution in [0, 0.1) is 5.92 Å². The zero-order valence-electron chi connectivity index (χ0n) is 18.2. The fraction of sp³-hybridized carbons (Fsp3) is 0.348. The van der Waals surface area contributed by atoms with Gasteiger partial charge in [0.25, 0.3) is 0 Å². The number of hydrogen-bond acceptors (Lipinski definition) is 4. The third kappa shape index (κ3) is 5.47. The van der Waals surface area contributed by atoms with E-state index in [-0.39, 0.29) is 0 Å². The highest BCUT2D eigenvalue weighted by Gasteiger charge is 2.21. The number of benzene rings is 2. The van der Waals surface area contributed by atoms with Crippen LogP contribution in [-0.2, 0) is 16.6 Å². The van der Waals surface area contributed by atoms with Gasteiger partial charge in [-0.2, -0.15) is 4.31 Å². The molecule has 0 bridgehead atoms. The Morgan fingerprint density at radius 3 is 2.19 bits per heavy atom. The summed E-state index contributed by atoms with van der Waals surface area (Å²) in [4.78, 5) is 6.01. The molecule has 1 aromatic heterocycles. The van der Waals surface area contributed by atoms with E-state index >= 15 is 0 Å². The van der Waals surface area contributed by atoms with E-state index in [0.29, 0.717) is 28.9 Å². The summed E-state index contributed by atoms with van der Waals surface area (Å²) in [6.07, 6.45) is 0. The summed E-state index contributed by atoms with van der Waals surface area (Å²) >= 11 is 7.56. The van der Waals surface area contributed by atoms with Gasteiger partial charge in [-0.3, -0.25) is 0 Å². The molecular formula is C23H28ClN3O2S2. The molecule has 2 aromatic carbocycles. The number of sulfonamides is 1. The molecule has 0 spiro atoms. The molecule has 0 aliphatic carbocycles. The number of thiazole rings is 1. The summed E-state index contributed by atoms with van der Waals surface area (Å²) in [5.74, 6) is 0.430. The minimum absolute atomic E-state index is 0.316. The number of aromatic nitrogens is 1. The first kappa shape index (κ1) is 23.7. The third-order valence-electron chi connectivity index (χ3n) is 4.89. The molecule has 3 rings (SSSR count). The predicted octanol–water partition coefficient (Wildman–Crippen LogP) is 5.79. The van der Waals surface area contributed by atoms with Crippen LogP contribution < -0.4 is 4.80 Å². The van der Waals surface area contributed by atoms with Crippen LogP contribution in [0.15, 0.2) is 63.8 Å². The van der Waals surface area contributed by atoms with E-state index in [4.69, 9.17) is 16.6 Å². The molecule has 0 saturated heterocycles. The summed E-state index contributed by atoms with van der Waals surface area (Å²) in [5.41, 5.74) is 2.84. The second-order valence-electron chi connectivity index (χ2n) is 7.61. The van der Waals surface area contributed by atoms with Crippen molar-refractivity contribution >= 4 is 38.6 Å². The highest BCUT2D eigenvalue weighted by atomic mass is 35.5. The van der Waals surface area contributed by atoms with Gasteiger partial charge in [0.05, 0.1) is 16.3 Å². The minimum atomic E-state index is -3.47. The Balaban J connectivity index is 2.03. The monoisotopic (exact) mass is 477 g/mol. The average molecular weight is 478 g/mol. The number of nitrogens with zero attached hydrogens (tertiary/aromatic N) is 3. The Kier molecular flexibility index (Phi) is 7.75. The van der Waals surface area contributed by atoms with E-state index < -0.39 is 10.0 Å². The van der Waals surface area contributed by atoms with Gasteiger partial charge in [0.15, 0.2) is 4.80 Å². The van der Waals surface area contributed by atoms with Gasteiger partial charge in [-0.15, -0.1) is 11.3 Å². The maximum atomic E-state index is 12.8. The Morgan fingerprint density at radius 2 is 1.65 bits per heavy atom. The third-order valence-corrected chi connectivity index (χ3v) is 8.07. The van der Waals surface area contributed by atoms with Gasteiger partial charge in [-0.1, -0.05) is 51.4 Å². The van der Waals surface area contributed by atoms with Crippen LogP contribution in [0.25, 0.3) is 11.3 Å². The van der Waals surface area contributed by atoms with Crippen molar-refractivity contribution in [2.24, 2.45) is 10.9 Å². The van der Waals surface area contributed by atoms with E-state index in [0.717, 1.165) is 28.3 Å². The lowest BCUT2D eigenvalue weighted by Crippen LogP contribution is -2.30. The van der Waals surface area contributed by atoms with E-state index in [1.54, 1.807) is 23.5 Å². The molecule has 3 aromatic rings. The van der Waals surface area contributed by atoms with Crippen LogP contribution in [0.3, 0.4) is 0 Å². The number of halogens is 1. The average Bonchev–Trinajstić information content (AvgIpc) is 3.12. The van der Waals surface area contributed by atoms with Gasteiger partial charge < -0.3 is 4.57 Å². The predicted molar refractivity (Wildman–Crippen MR) is 129 cm³/mol. The first-order valence-electron chi connectivity index (χ1n) is 10.4. The second kappa shape index (κ2) is 10.1. The number of rotatable bonds is 8. The largest absolute Gasteiger partial charge is 0.316 e. The Labute approximate surface area is 193 Å². The van der Waals surface area contributed by atoms with Crippen molar-refractivity contribution in [3.8, 4) is 11.3 Å². The molecule has 0 saturated carbocycles. The maximum Gasteiger partial charge on any atom is 0.243 e. The van der Waals surface area contributed by atoms with Crippen molar-refractivity contribution in [1.29, 1.82) is 0 Å². The Bertz CT molecular complexity index is 1170. The van der Waals surface area contributed by atoms with Crippen LogP contribution in [0.2, 0.25) is 5.02 Å². The zero-order chi connectivity index (χ0) is 22.6. The highest BCUT2D eigenvalue weighted by Crippen LogP contribution is 2.25. The summed E-state index contributed by atoms with van der Waals surface area (Å²) in [7, 11) is -3.47. The van der Waals surface area contributed by atoms with Gasteiger partial charge in [0.2, 0.25) is 10.0 Å². The van der Waals surface area contributed by atoms with Crippen LogP contribution in [0.4, 0.5) is 5.69 Å². The standard InChI is InChI=1S/C23H28ClN3O2S2/c1-5-26(6-2)31(28,29)21-13-7-18(8-14-21)22-16-30-23(27(22)15-17(3)4)25-20-11-9-19(24)10-12-20/h7-14,16-17H,5-6,15H2,1-4H3. The van der Waals surface area contributed by atoms with Crippen LogP contribution >= 0.6 is 22.9 Å². The second-order valence-corrected chi connectivity index (χ2v) is 10.8. The van der Waals surface area contributed by atoms with Gasteiger partial charge in [-0.05, 0) is 47.9 Å². The molecule has 1 heterocycles. The van der Waals surface area contributed by atoms with Gasteiger partial charge in [0.1, 0.15) is 0 Å². The molecule has 31 heavy (non-hydrogen) atoms. The first-order valence-corrected chi connectivity index (χ1v) is 13.0. The lowest BCUT2D eigenvalue weighted by molar-refractivity contribution is 0.445. The maximum absolute atomic E-state index is 12.8. The summed E-state index contributed by atoms with van der Waals surface area (Å²) in [5, 5.41) is 2.76. The first-order chi connectivity index (χ1) is 14.8.